The van der Waals surface area contributed by atoms with Gasteiger partial charge in [0, 0.05) is 55.5 Å². The Morgan fingerprint density at radius 1 is 1.07 bits per heavy atom. The van der Waals surface area contributed by atoms with Crippen LogP contribution in [0.25, 0.3) is 10.9 Å². The number of carbonyl (C=O) groups is 1. The van der Waals surface area contributed by atoms with Gasteiger partial charge >= 0.3 is 18.3 Å². The predicted molar refractivity (Wildman–Crippen MR) is 132 cm³/mol. The number of benzene rings is 2. The summed E-state index contributed by atoms with van der Waals surface area (Å²) in [6, 6.07) is 9.68. The zero-order valence-electron chi connectivity index (χ0n) is 20.8. The largest absolute Gasteiger partial charge is 0.490 e. The van der Waals surface area contributed by atoms with Crippen molar-refractivity contribution in [1.29, 1.82) is 0 Å². The number of halogens is 7. The fourth-order valence-electron chi connectivity index (χ4n) is 5.06. The van der Waals surface area contributed by atoms with Gasteiger partial charge in [0.25, 0.3) is 0 Å². The van der Waals surface area contributed by atoms with Crippen molar-refractivity contribution < 1.29 is 45.3 Å². The molecule has 1 spiro atoms. The van der Waals surface area contributed by atoms with Crippen LogP contribution in [0.1, 0.15) is 24.0 Å². The molecule has 0 bridgehead atoms. The molecule has 1 atom stereocenters. The van der Waals surface area contributed by atoms with Gasteiger partial charge in [-0.3, -0.25) is 9.88 Å². The number of carbonyl (C=O) groups excluding carboxylic acids is 1. The van der Waals surface area contributed by atoms with Crippen LogP contribution >= 0.6 is 11.6 Å². The Labute approximate surface area is 229 Å². The highest BCUT2D eigenvalue weighted by molar-refractivity contribution is 6.30. The second-order valence-corrected chi connectivity index (χ2v) is 10.3. The van der Waals surface area contributed by atoms with E-state index in [9.17, 15) is 31.1 Å². The van der Waals surface area contributed by atoms with Crippen LogP contribution in [0.4, 0.5) is 26.3 Å². The number of piperidine rings is 1. The average Bonchev–Trinajstić information content (AvgIpc) is 3.24. The SMILES string of the molecule is O=C(O[C@H](COc1ccnc2cc(C(F)(F)F)ccc12)CN1CCC2(CC1)Cc1cc(Cl)ccc1O2)C(F)(F)F. The maximum atomic E-state index is 13.1. The van der Waals surface area contributed by atoms with Gasteiger partial charge in [-0.1, -0.05) is 11.6 Å². The fraction of sp³-hybridized carbons (Fsp3) is 0.407. The standard InChI is InChI=1S/C27H23ClF6N2O4/c28-18-2-4-22-16(11-18)13-25(40-22)6-9-36(10-7-25)14-19(39-24(37)27(32,33)34)15-38-23-5-8-35-21-12-17(26(29,30)31)1-3-20(21)23/h1-5,8,11-12,19H,6-7,9-10,13-15H2/t19-/m0/s1. The van der Waals surface area contributed by atoms with Crippen molar-refractivity contribution in [2.45, 2.75) is 43.3 Å². The van der Waals surface area contributed by atoms with Crippen molar-refractivity contribution in [3.05, 3.63) is 64.8 Å². The van der Waals surface area contributed by atoms with Gasteiger partial charge in [-0.15, -0.1) is 0 Å². The van der Waals surface area contributed by atoms with Crippen molar-refractivity contribution in [2.24, 2.45) is 0 Å². The number of fused-ring (bicyclic) bond motifs is 2. The molecular formula is C27H23ClF6N2O4. The van der Waals surface area contributed by atoms with Gasteiger partial charge in [-0.25, -0.2) is 4.79 Å². The van der Waals surface area contributed by atoms with E-state index in [1.165, 1.54) is 18.3 Å². The van der Waals surface area contributed by atoms with Crippen LogP contribution in [-0.2, 0) is 22.1 Å². The predicted octanol–water partition coefficient (Wildman–Crippen LogP) is 6.23. The molecule has 0 radical (unpaired) electrons. The molecule has 6 nitrogen and oxygen atoms in total. The molecule has 214 valence electrons. The van der Waals surface area contributed by atoms with Crippen LogP contribution in [0, 0.1) is 0 Å². The fourth-order valence-corrected chi connectivity index (χ4v) is 5.26. The highest BCUT2D eigenvalue weighted by Crippen LogP contribution is 2.42. The molecule has 0 saturated carbocycles. The number of rotatable bonds is 6. The van der Waals surface area contributed by atoms with Crippen molar-refractivity contribution in [3.63, 3.8) is 0 Å². The number of aromatic nitrogens is 1. The summed E-state index contributed by atoms with van der Waals surface area (Å²) in [5, 5.41) is 0.836. The van der Waals surface area contributed by atoms with E-state index in [4.69, 9.17) is 25.8 Å². The number of ether oxygens (including phenoxy) is 3. The van der Waals surface area contributed by atoms with Crippen molar-refractivity contribution in [1.82, 2.24) is 9.88 Å². The first-order valence-corrected chi connectivity index (χ1v) is 12.8. The van der Waals surface area contributed by atoms with E-state index in [0.29, 0.717) is 37.4 Å². The molecule has 1 saturated heterocycles. The molecule has 2 aromatic carbocycles. The lowest BCUT2D eigenvalue weighted by atomic mass is 9.87. The second-order valence-electron chi connectivity index (χ2n) is 9.89. The number of likely N-dealkylation sites (tertiary alicyclic amines) is 1. The summed E-state index contributed by atoms with van der Waals surface area (Å²) < 4.78 is 94.9. The Hall–Kier alpha value is -3.25. The molecule has 0 amide bonds. The van der Waals surface area contributed by atoms with Crippen LogP contribution in [0.5, 0.6) is 11.5 Å². The Balaban J connectivity index is 1.26. The molecule has 40 heavy (non-hydrogen) atoms. The summed E-state index contributed by atoms with van der Waals surface area (Å²) >= 11 is 6.09. The number of alkyl halides is 6. The zero-order chi connectivity index (χ0) is 28.7. The van der Waals surface area contributed by atoms with Crippen molar-refractivity contribution >= 4 is 28.5 Å². The molecule has 2 aliphatic rings. The van der Waals surface area contributed by atoms with Crippen molar-refractivity contribution in [2.75, 3.05) is 26.2 Å². The third-order valence-corrected chi connectivity index (χ3v) is 7.29. The number of hydrogen-bond donors (Lipinski definition) is 0. The first kappa shape index (κ1) is 28.3. The summed E-state index contributed by atoms with van der Waals surface area (Å²) in [6.45, 7) is 0.447. The smallest absolute Gasteiger partial charge is 0.489 e. The minimum absolute atomic E-state index is 0.00339. The summed E-state index contributed by atoms with van der Waals surface area (Å²) in [7, 11) is 0. The van der Waals surface area contributed by atoms with E-state index >= 15 is 0 Å². The molecule has 2 aliphatic heterocycles. The van der Waals surface area contributed by atoms with Crippen LogP contribution in [0.15, 0.2) is 48.7 Å². The van der Waals surface area contributed by atoms with Crippen molar-refractivity contribution in [3.8, 4) is 11.5 Å². The Morgan fingerprint density at radius 3 is 2.52 bits per heavy atom. The van der Waals surface area contributed by atoms with Crippen LogP contribution in [0.2, 0.25) is 5.02 Å². The van der Waals surface area contributed by atoms with E-state index in [1.54, 1.807) is 6.07 Å². The molecule has 0 N–H and O–H groups in total. The van der Waals surface area contributed by atoms with Gasteiger partial charge in [-0.2, -0.15) is 26.3 Å². The minimum atomic E-state index is -5.20. The zero-order valence-corrected chi connectivity index (χ0v) is 21.6. The lowest BCUT2D eigenvalue weighted by molar-refractivity contribution is -0.206. The highest BCUT2D eigenvalue weighted by atomic mass is 35.5. The lowest BCUT2D eigenvalue weighted by Gasteiger charge is -2.39. The van der Waals surface area contributed by atoms with Crippen LogP contribution in [0.3, 0.4) is 0 Å². The topological polar surface area (TPSA) is 60.9 Å². The number of hydrogen-bond acceptors (Lipinski definition) is 6. The van der Waals surface area contributed by atoms with Gasteiger partial charge in [-0.05, 0) is 48.0 Å². The van der Waals surface area contributed by atoms with E-state index in [-0.39, 0.29) is 23.2 Å². The minimum Gasteiger partial charge on any atom is -0.489 e. The summed E-state index contributed by atoms with van der Waals surface area (Å²) in [5.74, 6) is -1.49. The van der Waals surface area contributed by atoms with E-state index in [0.717, 1.165) is 23.4 Å². The maximum Gasteiger partial charge on any atom is 0.490 e. The molecule has 3 aromatic rings. The van der Waals surface area contributed by atoms with Gasteiger partial charge in [0.2, 0.25) is 0 Å². The summed E-state index contributed by atoms with van der Waals surface area (Å²) in [4.78, 5) is 17.5. The first-order valence-electron chi connectivity index (χ1n) is 12.4. The molecule has 1 fully saturated rings. The Bertz CT molecular complexity index is 1410. The molecule has 5 rings (SSSR count). The third kappa shape index (κ3) is 6.22. The summed E-state index contributed by atoms with van der Waals surface area (Å²) in [6.07, 6.45) is -8.00. The quantitative estimate of drug-likeness (QED) is 0.251. The average molecular weight is 589 g/mol. The van der Waals surface area contributed by atoms with E-state index in [2.05, 4.69) is 4.98 Å². The van der Waals surface area contributed by atoms with Crippen LogP contribution in [-0.4, -0.2) is 60.0 Å². The van der Waals surface area contributed by atoms with Gasteiger partial charge in [0.05, 0.1) is 11.1 Å². The van der Waals surface area contributed by atoms with Gasteiger partial charge in [0.1, 0.15) is 29.8 Å². The molecule has 3 heterocycles. The van der Waals surface area contributed by atoms with E-state index < -0.39 is 42.2 Å². The molecular weight excluding hydrogens is 566 g/mol. The van der Waals surface area contributed by atoms with Crippen LogP contribution < -0.4 is 9.47 Å². The highest BCUT2D eigenvalue weighted by Gasteiger charge is 2.44. The maximum absolute atomic E-state index is 13.1. The Kier molecular flexibility index (Phi) is 7.51. The monoisotopic (exact) mass is 588 g/mol. The van der Waals surface area contributed by atoms with E-state index in [1.807, 2.05) is 17.0 Å². The molecule has 0 unspecified atom stereocenters. The molecule has 1 aromatic heterocycles. The number of esters is 1. The lowest BCUT2D eigenvalue weighted by Crippen LogP contribution is -2.50. The second kappa shape index (κ2) is 10.6. The molecule has 13 heteroatoms. The third-order valence-electron chi connectivity index (χ3n) is 7.05. The van der Waals surface area contributed by atoms with Gasteiger partial charge < -0.3 is 14.2 Å². The molecule has 0 aliphatic carbocycles. The Morgan fingerprint density at radius 2 is 1.82 bits per heavy atom. The first-order chi connectivity index (χ1) is 18.8. The summed E-state index contributed by atoms with van der Waals surface area (Å²) in [5.41, 5.74) is -0.347. The number of nitrogens with zero attached hydrogens (tertiary/aromatic N) is 2. The normalized spacial score (nSPS) is 17.9. The van der Waals surface area contributed by atoms with Gasteiger partial charge in [0.15, 0.2) is 0 Å². The number of pyridine rings is 1.